The van der Waals surface area contributed by atoms with Crippen molar-refractivity contribution in [3.8, 4) is 5.69 Å². The fraction of sp³-hybridized carbons (Fsp3) is 0.125. The molecule has 4 aromatic rings. The highest BCUT2D eigenvalue weighted by Crippen LogP contribution is 2.22. The monoisotopic (exact) mass is 434 g/mol. The molecule has 0 unspecified atom stereocenters. The molecule has 2 aromatic carbocycles. The molecule has 0 aliphatic rings. The van der Waals surface area contributed by atoms with Crippen LogP contribution in [0.2, 0.25) is 5.02 Å². The summed E-state index contributed by atoms with van der Waals surface area (Å²) in [6.07, 6.45) is 3.53. The van der Waals surface area contributed by atoms with Gasteiger partial charge in [0.05, 0.1) is 27.3 Å². The predicted molar refractivity (Wildman–Crippen MR) is 124 cm³/mol. The summed E-state index contributed by atoms with van der Waals surface area (Å²) in [7, 11) is 0. The van der Waals surface area contributed by atoms with E-state index in [2.05, 4.69) is 15.3 Å². The van der Waals surface area contributed by atoms with E-state index >= 15 is 0 Å². The van der Waals surface area contributed by atoms with Gasteiger partial charge in [0.2, 0.25) is 0 Å². The van der Waals surface area contributed by atoms with Crippen LogP contribution in [0.3, 0.4) is 0 Å². The van der Waals surface area contributed by atoms with Crippen molar-refractivity contribution in [3.05, 3.63) is 92.9 Å². The van der Waals surface area contributed by atoms with Gasteiger partial charge in [-0.05, 0) is 68.0 Å². The van der Waals surface area contributed by atoms with Crippen LogP contribution in [0.4, 0.5) is 10.2 Å². The zero-order chi connectivity index (χ0) is 22.0. The molecule has 0 fully saturated rings. The molecule has 0 saturated heterocycles. The lowest BCUT2D eigenvalue weighted by Gasteiger charge is -2.13. The Labute approximate surface area is 183 Å². The van der Waals surface area contributed by atoms with E-state index in [1.54, 1.807) is 36.4 Å². The number of aromatic nitrogens is 3. The molecule has 0 saturated carbocycles. The Morgan fingerprint density at radius 2 is 1.90 bits per heavy atom. The molecule has 0 spiro atoms. The number of fused-ring (bicyclic) bond motifs is 1. The second kappa shape index (κ2) is 8.70. The Hall–Kier alpha value is -3.51. The summed E-state index contributed by atoms with van der Waals surface area (Å²) in [4.78, 5) is 22.5. The van der Waals surface area contributed by atoms with Crippen LogP contribution in [-0.2, 0) is 0 Å². The molecule has 31 heavy (non-hydrogen) atoms. The Balaban J connectivity index is 1.93. The summed E-state index contributed by atoms with van der Waals surface area (Å²) in [5, 5.41) is 3.76. The van der Waals surface area contributed by atoms with Crippen molar-refractivity contribution in [2.45, 2.75) is 13.8 Å². The van der Waals surface area contributed by atoms with Crippen molar-refractivity contribution >= 4 is 40.5 Å². The van der Waals surface area contributed by atoms with Crippen LogP contribution in [0.15, 0.2) is 59.4 Å². The number of nitrogens with zero attached hydrogens (tertiary/aromatic N) is 3. The summed E-state index contributed by atoms with van der Waals surface area (Å²) in [5.74, 6) is 0.630. The zero-order valence-electron chi connectivity index (χ0n) is 17.1. The number of para-hydroxylation sites is 1. The minimum absolute atomic E-state index is 0.181. The van der Waals surface area contributed by atoms with Gasteiger partial charge in [0.25, 0.3) is 5.56 Å². The minimum atomic E-state index is -0.500. The number of pyridine rings is 1. The molecule has 2 heterocycles. The van der Waals surface area contributed by atoms with Crippen LogP contribution in [0.5, 0.6) is 0 Å². The molecule has 0 amide bonds. The van der Waals surface area contributed by atoms with E-state index in [1.807, 2.05) is 26.0 Å². The van der Waals surface area contributed by atoms with Gasteiger partial charge >= 0.3 is 0 Å². The third-order valence-corrected chi connectivity index (χ3v) is 5.15. The topological polar surface area (TPSA) is 59.8 Å². The van der Waals surface area contributed by atoms with Crippen molar-refractivity contribution in [1.29, 1.82) is 0 Å². The Morgan fingerprint density at radius 3 is 2.68 bits per heavy atom. The summed E-state index contributed by atoms with van der Waals surface area (Å²) in [6.45, 7) is 4.72. The van der Waals surface area contributed by atoms with E-state index in [0.29, 0.717) is 22.1 Å². The van der Waals surface area contributed by atoms with Gasteiger partial charge in [0.15, 0.2) is 0 Å². The van der Waals surface area contributed by atoms with E-state index < -0.39 is 11.4 Å². The summed E-state index contributed by atoms with van der Waals surface area (Å²) in [5.41, 5.74) is 2.20. The van der Waals surface area contributed by atoms with Gasteiger partial charge in [-0.15, -0.1) is 0 Å². The third-order valence-electron chi connectivity index (χ3n) is 4.83. The molecule has 2 aromatic heterocycles. The summed E-state index contributed by atoms with van der Waals surface area (Å²) in [6, 6.07) is 14.8. The molecule has 5 nitrogen and oxygen atoms in total. The van der Waals surface area contributed by atoms with Gasteiger partial charge < -0.3 is 5.32 Å². The number of halogens is 2. The first kappa shape index (κ1) is 20.8. The minimum Gasteiger partial charge on any atom is -0.370 e. The first-order valence-corrected chi connectivity index (χ1v) is 10.2. The maximum atomic E-state index is 13.8. The van der Waals surface area contributed by atoms with Crippen LogP contribution >= 0.6 is 11.6 Å². The highest BCUT2D eigenvalue weighted by atomic mass is 35.5. The van der Waals surface area contributed by atoms with E-state index in [0.717, 1.165) is 23.6 Å². The standard InChI is InChI=1S/C24H20ClFN4O/c1-3-27-22-12-8-15(2)19(28-22)11-13-23-29-20-10-9-16(26)14-17(20)24(31)30(23)21-7-5-4-6-18(21)25/h4-14H,3H2,1-2H3,(H,27,28). The van der Waals surface area contributed by atoms with Crippen LogP contribution in [0.25, 0.3) is 28.7 Å². The Bertz CT molecular complexity index is 1360. The SMILES string of the molecule is CCNc1ccc(C)c(C=Cc2nc3ccc(F)cc3c(=O)n2-c2ccccc2Cl)n1. The normalized spacial score (nSPS) is 11.4. The maximum Gasteiger partial charge on any atom is 0.266 e. The maximum absolute atomic E-state index is 13.8. The van der Waals surface area contributed by atoms with Crippen LogP contribution in [0.1, 0.15) is 24.0 Å². The van der Waals surface area contributed by atoms with Crippen molar-refractivity contribution in [2.24, 2.45) is 0 Å². The van der Waals surface area contributed by atoms with E-state index in [1.165, 1.54) is 22.8 Å². The zero-order valence-corrected chi connectivity index (χ0v) is 17.8. The van der Waals surface area contributed by atoms with Crippen molar-refractivity contribution in [3.63, 3.8) is 0 Å². The molecule has 4 rings (SSSR count). The van der Waals surface area contributed by atoms with Crippen LogP contribution in [0, 0.1) is 12.7 Å². The Morgan fingerprint density at radius 1 is 1.10 bits per heavy atom. The van der Waals surface area contributed by atoms with Crippen LogP contribution in [-0.4, -0.2) is 21.1 Å². The molecular formula is C24H20ClFN4O. The van der Waals surface area contributed by atoms with Crippen molar-refractivity contribution in [2.75, 3.05) is 11.9 Å². The molecule has 0 radical (unpaired) electrons. The Kier molecular flexibility index (Phi) is 5.82. The van der Waals surface area contributed by atoms with Crippen LogP contribution < -0.4 is 10.9 Å². The molecular weight excluding hydrogens is 415 g/mol. The van der Waals surface area contributed by atoms with Gasteiger partial charge in [0.1, 0.15) is 17.5 Å². The number of anilines is 1. The smallest absolute Gasteiger partial charge is 0.266 e. The van der Waals surface area contributed by atoms with Gasteiger partial charge in [-0.25, -0.2) is 14.4 Å². The van der Waals surface area contributed by atoms with Crippen molar-refractivity contribution < 1.29 is 4.39 Å². The molecule has 156 valence electrons. The molecule has 7 heteroatoms. The van der Waals surface area contributed by atoms with Gasteiger partial charge in [0, 0.05) is 6.54 Å². The van der Waals surface area contributed by atoms with Gasteiger partial charge in [-0.3, -0.25) is 9.36 Å². The van der Waals surface area contributed by atoms with E-state index in [4.69, 9.17) is 11.6 Å². The summed E-state index contributed by atoms with van der Waals surface area (Å²) < 4.78 is 15.2. The second-order valence-corrected chi connectivity index (χ2v) is 7.39. The lowest BCUT2D eigenvalue weighted by atomic mass is 10.2. The van der Waals surface area contributed by atoms with Crippen molar-refractivity contribution in [1.82, 2.24) is 14.5 Å². The fourth-order valence-corrected chi connectivity index (χ4v) is 3.52. The average molecular weight is 435 g/mol. The predicted octanol–water partition coefficient (Wildman–Crippen LogP) is 5.48. The number of rotatable bonds is 5. The molecule has 1 N–H and O–H groups in total. The fourth-order valence-electron chi connectivity index (χ4n) is 3.30. The number of hydrogen-bond acceptors (Lipinski definition) is 4. The number of benzene rings is 2. The quantitative estimate of drug-likeness (QED) is 0.451. The largest absolute Gasteiger partial charge is 0.370 e. The van der Waals surface area contributed by atoms with E-state index in [-0.39, 0.29) is 5.39 Å². The molecule has 0 aliphatic carbocycles. The lowest BCUT2D eigenvalue weighted by molar-refractivity contribution is 0.629. The van der Waals surface area contributed by atoms with E-state index in [9.17, 15) is 9.18 Å². The number of aryl methyl sites for hydroxylation is 1. The molecule has 0 aliphatic heterocycles. The van der Waals surface area contributed by atoms with Gasteiger partial charge in [-0.2, -0.15) is 0 Å². The number of nitrogens with one attached hydrogen (secondary N) is 1. The second-order valence-electron chi connectivity index (χ2n) is 6.99. The first-order valence-electron chi connectivity index (χ1n) is 9.84. The molecule has 0 bridgehead atoms. The average Bonchev–Trinajstić information content (AvgIpc) is 2.76. The summed E-state index contributed by atoms with van der Waals surface area (Å²) >= 11 is 6.38. The highest BCUT2D eigenvalue weighted by Gasteiger charge is 2.14. The van der Waals surface area contributed by atoms with Gasteiger partial charge in [-0.1, -0.05) is 29.8 Å². The highest BCUT2D eigenvalue weighted by molar-refractivity contribution is 6.32. The molecule has 0 atom stereocenters. The number of hydrogen-bond donors (Lipinski definition) is 1. The third kappa shape index (κ3) is 4.20. The first-order chi connectivity index (χ1) is 15.0. The lowest BCUT2D eigenvalue weighted by Crippen LogP contribution is -2.22.